The first-order chi connectivity index (χ1) is 4.72. The Kier molecular flexibility index (Phi) is 1.85. The third-order valence-corrected chi connectivity index (χ3v) is 1.30. The molecule has 0 aliphatic carbocycles. The van der Waals surface area contributed by atoms with Gasteiger partial charge in [-0.1, -0.05) is 13.8 Å². The van der Waals surface area contributed by atoms with Crippen molar-refractivity contribution in [2.24, 2.45) is 0 Å². The summed E-state index contributed by atoms with van der Waals surface area (Å²) in [6, 6.07) is 0. The Bertz CT molecular complexity index is 220. The highest BCUT2D eigenvalue weighted by Crippen LogP contribution is 2.14. The van der Waals surface area contributed by atoms with Crippen molar-refractivity contribution in [3.8, 4) is 0 Å². The molecule has 1 heterocycles. The summed E-state index contributed by atoms with van der Waals surface area (Å²) in [5, 5.41) is 0. The summed E-state index contributed by atoms with van der Waals surface area (Å²) in [6.45, 7) is 4.08. The molecule has 10 heavy (non-hydrogen) atoms. The van der Waals surface area contributed by atoms with Gasteiger partial charge in [0.15, 0.2) is 0 Å². The topological polar surface area (TPSA) is 51.8 Å². The molecule has 0 aliphatic rings. The normalized spacial score (nSPS) is 10.3. The predicted octanol–water partition coefficient (Wildman–Crippen LogP) is 1.18. The Balaban J connectivity index is 3.03. The van der Waals surface area contributed by atoms with Crippen LogP contribution < -0.4 is 5.73 Å². The zero-order chi connectivity index (χ0) is 7.56. The van der Waals surface area contributed by atoms with E-state index >= 15 is 0 Å². The second-order valence-electron chi connectivity index (χ2n) is 2.48. The molecule has 3 nitrogen and oxygen atoms in total. The number of nitrogen functional groups attached to an aromatic ring is 1. The first-order valence-corrected chi connectivity index (χ1v) is 3.28. The number of nitrogens with two attached hydrogens (primary N) is 1. The summed E-state index contributed by atoms with van der Waals surface area (Å²) < 4.78 is 0. The second-order valence-corrected chi connectivity index (χ2v) is 2.48. The Morgan fingerprint density at radius 3 is 2.30 bits per heavy atom. The lowest BCUT2D eigenvalue weighted by Crippen LogP contribution is -2.01. The number of hydrogen-bond donors (Lipinski definition) is 1. The Labute approximate surface area is 60.3 Å². The van der Waals surface area contributed by atoms with Crippen LogP contribution in [0.1, 0.15) is 25.5 Å². The van der Waals surface area contributed by atoms with E-state index in [4.69, 9.17) is 5.73 Å². The smallest absolute Gasteiger partial charge is 0.145 e. The molecule has 1 aromatic rings. The summed E-state index contributed by atoms with van der Waals surface area (Å²) in [4.78, 5) is 8.01. The van der Waals surface area contributed by atoms with Crippen LogP contribution in [0.5, 0.6) is 0 Å². The van der Waals surface area contributed by atoms with Gasteiger partial charge in [0, 0.05) is 12.4 Å². The van der Waals surface area contributed by atoms with Crippen molar-refractivity contribution < 1.29 is 0 Å². The Morgan fingerprint density at radius 2 is 1.90 bits per heavy atom. The number of hydrogen-bond acceptors (Lipinski definition) is 3. The molecule has 0 saturated heterocycles. The van der Waals surface area contributed by atoms with E-state index in [1.54, 1.807) is 12.4 Å². The SMILES string of the molecule is CC(C)c1nccnc1N. The average molecular weight is 137 g/mol. The van der Waals surface area contributed by atoms with Crippen LogP contribution >= 0.6 is 0 Å². The molecule has 54 valence electrons. The number of nitrogens with zero attached hydrogens (tertiary/aromatic N) is 2. The molecule has 0 aromatic carbocycles. The molecule has 0 saturated carbocycles. The molecule has 1 rings (SSSR count). The van der Waals surface area contributed by atoms with Crippen molar-refractivity contribution in [2.45, 2.75) is 19.8 Å². The standard InChI is InChI=1S/C7H11N3/c1-5(2)6-7(8)10-4-3-9-6/h3-5H,1-2H3,(H2,8,10). The van der Waals surface area contributed by atoms with Crippen LogP contribution in [0.2, 0.25) is 0 Å². The molecular weight excluding hydrogens is 126 g/mol. The Hall–Kier alpha value is -1.12. The molecule has 0 radical (unpaired) electrons. The Morgan fingerprint density at radius 1 is 1.30 bits per heavy atom. The molecular formula is C7H11N3. The van der Waals surface area contributed by atoms with Crippen LogP contribution in [0, 0.1) is 0 Å². The molecule has 0 amide bonds. The van der Waals surface area contributed by atoms with Gasteiger partial charge in [-0.15, -0.1) is 0 Å². The largest absolute Gasteiger partial charge is 0.382 e. The van der Waals surface area contributed by atoms with Crippen molar-refractivity contribution in [3.05, 3.63) is 18.1 Å². The predicted molar refractivity (Wildman–Crippen MR) is 40.5 cm³/mol. The maximum Gasteiger partial charge on any atom is 0.145 e. The quantitative estimate of drug-likeness (QED) is 0.632. The fourth-order valence-electron chi connectivity index (χ4n) is 0.804. The summed E-state index contributed by atoms with van der Waals surface area (Å²) >= 11 is 0. The van der Waals surface area contributed by atoms with Crippen molar-refractivity contribution in [1.82, 2.24) is 9.97 Å². The minimum Gasteiger partial charge on any atom is -0.382 e. The van der Waals surface area contributed by atoms with Crippen LogP contribution in [0.15, 0.2) is 12.4 Å². The van der Waals surface area contributed by atoms with Gasteiger partial charge >= 0.3 is 0 Å². The van der Waals surface area contributed by atoms with Crippen molar-refractivity contribution in [2.75, 3.05) is 5.73 Å². The maximum absolute atomic E-state index is 5.55. The molecule has 0 atom stereocenters. The minimum absolute atomic E-state index is 0.355. The van der Waals surface area contributed by atoms with Crippen LogP contribution in [-0.4, -0.2) is 9.97 Å². The van der Waals surface area contributed by atoms with Crippen LogP contribution in [0.25, 0.3) is 0 Å². The van der Waals surface area contributed by atoms with Crippen molar-refractivity contribution >= 4 is 5.82 Å². The number of anilines is 1. The molecule has 0 spiro atoms. The van der Waals surface area contributed by atoms with E-state index in [2.05, 4.69) is 9.97 Å². The molecule has 2 N–H and O–H groups in total. The van der Waals surface area contributed by atoms with Gasteiger partial charge in [-0.2, -0.15) is 0 Å². The van der Waals surface area contributed by atoms with Gasteiger partial charge in [-0.3, -0.25) is 4.98 Å². The lowest BCUT2D eigenvalue weighted by Gasteiger charge is -2.04. The molecule has 1 aromatic heterocycles. The molecule has 0 bridgehead atoms. The van der Waals surface area contributed by atoms with Gasteiger partial charge in [0.2, 0.25) is 0 Å². The van der Waals surface area contributed by atoms with Crippen molar-refractivity contribution in [1.29, 1.82) is 0 Å². The highest BCUT2D eigenvalue weighted by molar-refractivity contribution is 5.34. The molecule has 0 aliphatic heterocycles. The zero-order valence-electron chi connectivity index (χ0n) is 6.20. The minimum atomic E-state index is 0.355. The van der Waals surface area contributed by atoms with Crippen LogP contribution in [-0.2, 0) is 0 Å². The first kappa shape index (κ1) is 6.99. The third kappa shape index (κ3) is 1.23. The summed E-state index contributed by atoms with van der Waals surface area (Å²) in [7, 11) is 0. The van der Waals surface area contributed by atoms with E-state index in [-0.39, 0.29) is 0 Å². The van der Waals surface area contributed by atoms with E-state index in [0.29, 0.717) is 11.7 Å². The summed E-state index contributed by atoms with van der Waals surface area (Å²) in [6.07, 6.45) is 3.26. The fraction of sp³-hybridized carbons (Fsp3) is 0.429. The van der Waals surface area contributed by atoms with Gasteiger partial charge in [-0.05, 0) is 5.92 Å². The third-order valence-electron chi connectivity index (χ3n) is 1.30. The van der Waals surface area contributed by atoms with Gasteiger partial charge in [0.25, 0.3) is 0 Å². The van der Waals surface area contributed by atoms with Gasteiger partial charge < -0.3 is 5.73 Å². The lowest BCUT2D eigenvalue weighted by atomic mass is 10.1. The monoisotopic (exact) mass is 137 g/mol. The van der Waals surface area contributed by atoms with Gasteiger partial charge in [-0.25, -0.2) is 4.98 Å². The zero-order valence-corrected chi connectivity index (χ0v) is 6.20. The lowest BCUT2D eigenvalue weighted by molar-refractivity contribution is 0.817. The van der Waals surface area contributed by atoms with Crippen LogP contribution in [0.4, 0.5) is 5.82 Å². The fourth-order valence-corrected chi connectivity index (χ4v) is 0.804. The highest BCUT2D eigenvalue weighted by atomic mass is 14.9. The van der Waals surface area contributed by atoms with E-state index in [1.165, 1.54) is 0 Å². The summed E-state index contributed by atoms with van der Waals surface area (Å²) in [5.41, 5.74) is 6.43. The van der Waals surface area contributed by atoms with Gasteiger partial charge in [0.1, 0.15) is 5.82 Å². The van der Waals surface area contributed by atoms with E-state index in [1.807, 2.05) is 13.8 Å². The maximum atomic E-state index is 5.55. The van der Waals surface area contributed by atoms with Crippen molar-refractivity contribution in [3.63, 3.8) is 0 Å². The second kappa shape index (κ2) is 2.64. The molecule has 0 fully saturated rings. The number of aromatic nitrogens is 2. The van der Waals surface area contributed by atoms with E-state index in [0.717, 1.165) is 5.69 Å². The van der Waals surface area contributed by atoms with E-state index < -0.39 is 0 Å². The first-order valence-electron chi connectivity index (χ1n) is 3.28. The number of rotatable bonds is 1. The van der Waals surface area contributed by atoms with Gasteiger partial charge in [0.05, 0.1) is 5.69 Å². The summed E-state index contributed by atoms with van der Waals surface area (Å²) in [5.74, 6) is 0.895. The highest BCUT2D eigenvalue weighted by Gasteiger charge is 2.03. The van der Waals surface area contributed by atoms with Crippen LogP contribution in [0.3, 0.4) is 0 Å². The average Bonchev–Trinajstić information content (AvgIpc) is 1.88. The van der Waals surface area contributed by atoms with E-state index in [9.17, 15) is 0 Å². The molecule has 3 heteroatoms. The molecule has 0 unspecified atom stereocenters.